The van der Waals surface area contributed by atoms with E-state index in [0.29, 0.717) is 12.2 Å². The number of hydrogen-bond donors (Lipinski definition) is 0. The van der Waals surface area contributed by atoms with Crippen LogP contribution in [0.15, 0.2) is 30.3 Å². The molecule has 0 spiro atoms. The third kappa shape index (κ3) is 1.82. The molecule has 0 aromatic heterocycles. The standard InChI is InChI=1S/C12H15BO2/c1-2-6-10(7-3-1)13-14-11-8-4-5-9-12(11)15-13/h1-3,6-7,11-12H,4-5,8-9H2/t11-,12-/m1/s1. The molecule has 0 bridgehead atoms. The van der Waals surface area contributed by atoms with Crippen LogP contribution in [0.4, 0.5) is 0 Å². The molecule has 1 aliphatic heterocycles. The Morgan fingerprint density at radius 3 is 2.13 bits per heavy atom. The lowest BCUT2D eigenvalue weighted by atomic mass is 9.79. The summed E-state index contributed by atoms with van der Waals surface area (Å²) in [4.78, 5) is 0. The van der Waals surface area contributed by atoms with Gasteiger partial charge in [0.2, 0.25) is 0 Å². The minimum Gasteiger partial charge on any atom is -0.402 e. The van der Waals surface area contributed by atoms with E-state index in [1.807, 2.05) is 18.2 Å². The van der Waals surface area contributed by atoms with E-state index >= 15 is 0 Å². The second-order valence-corrected chi connectivity index (χ2v) is 4.38. The van der Waals surface area contributed by atoms with Gasteiger partial charge in [-0.05, 0) is 18.3 Å². The smallest absolute Gasteiger partial charge is 0.402 e. The van der Waals surface area contributed by atoms with Gasteiger partial charge in [-0.3, -0.25) is 0 Å². The zero-order valence-electron chi connectivity index (χ0n) is 8.76. The molecule has 2 aliphatic rings. The maximum Gasteiger partial charge on any atom is 0.494 e. The lowest BCUT2D eigenvalue weighted by Crippen LogP contribution is -2.32. The van der Waals surface area contributed by atoms with Crippen LogP contribution in [0.5, 0.6) is 0 Å². The molecule has 1 aromatic carbocycles. The molecule has 0 unspecified atom stereocenters. The molecule has 2 fully saturated rings. The van der Waals surface area contributed by atoms with Gasteiger partial charge in [0.1, 0.15) is 0 Å². The van der Waals surface area contributed by atoms with Gasteiger partial charge in [0, 0.05) is 0 Å². The van der Waals surface area contributed by atoms with E-state index in [2.05, 4.69) is 12.1 Å². The first-order valence-corrected chi connectivity index (χ1v) is 5.79. The van der Waals surface area contributed by atoms with Crippen molar-refractivity contribution in [2.75, 3.05) is 0 Å². The summed E-state index contributed by atoms with van der Waals surface area (Å²) in [5.74, 6) is 0. The molecule has 2 atom stereocenters. The van der Waals surface area contributed by atoms with Gasteiger partial charge in [-0.1, -0.05) is 43.2 Å². The molecular weight excluding hydrogens is 187 g/mol. The highest BCUT2D eigenvalue weighted by Crippen LogP contribution is 2.29. The first-order valence-electron chi connectivity index (χ1n) is 5.79. The Morgan fingerprint density at radius 2 is 1.53 bits per heavy atom. The minimum absolute atomic E-state index is 0.126. The number of rotatable bonds is 1. The molecule has 1 aromatic rings. The third-order valence-corrected chi connectivity index (χ3v) is 3.31. The first-order chi connectivity index (χ1) is 7.43. The summed E-state index contributed by atoms with van der Waals surface area (Å²) in [5, 5.41) is 0. The van der Waals surface area contributed by atoms with Crippen LogP contribution in [0, 0.1) is 0 Å². The van der Waals surface area contributed by atoms with E-state index in [4.69, 9.17) is 9.31 Å². The number of benzene rings is 1. The molecule has 0 amide bonds. The second-order valence-electron chi connectivity index (χ2n) is 4.38. The van der Waals surface area contributed by atoms with Gasteiger partial charge in [-0.2, -0.15) is 0 Å². The van der Waals surface area contributed by atoms with Crippen molar-refractivity contribution in [3.05, 3.63) is 30.3 Å². The molecule has 15 heavy (non-hydrogen) atoms. The molecule has 78 valence electrons. The normalized spacial score (nSPS) is 30.3. The highest BCUT2D eigenvalue weighted by Gasteiger charge is 2.41. The Labute approximate surface area is 90.7 Å². The first kappa shape index (κ1) is 9.43. The van der Waals surface area contributed by atoms with Gasteiger partial charge in [0.25, 0.3) is 0 Å². The van der Waals surface area contributed by atoms with Crippen molar-refractivity contribution in [3.63, 3.8) is 0 Å². The average Bonchev–Trinajstić information content (AvgIpc) is 2.74. The predicted octanol–water partition coefficient (Wildman–Crippen LogP) is 1.74. The minimum atomic E-state index is -0.126. The van der Waals surface area contributed by atoms with Crippen molar-refractivity contribution < 1.29 is 9.31 Å². The SMILES string of the molecule is c1ccc(B2O[C@@H]3CCCC[C@H]3O2)cc1. The predicted molar refractivity (Wildman–Crippen MR) is 60.0 cm³/mol. The van der Waals surface area contributed by atoms with Crippen LogP contribution in [0.2, 0.25) is 0 Å². The fourth-order valence-corrected chi connectivity index (χ4v) is 2.49. The zero-order valence-corrected chi connectivity index (χ0v) is 8.76. The van der Waals surface area contributed by atoms with Gasteiger partial charge >= 0.3 is 7.12 Å². The van der Waals surface area contributed by atoms with E-state index in [9.17, 15) is 0 Å². The molecule has 0 radical (unpaired) electrons. The van der Waals surface area contributed by atoms with Crippen LogP contribution >= 0.6 is 0 Å². The highest BCUT2D eigenvalue weighted by molar-refractivity contribution is 6.61. The van der Waals surface area contributed by atoms with Gasteiger partial charge in [0.15, 0.2) is 0 Å². The molecule has 3 heteroatoms. The summed E-state index contributed by atoms with van der Waals surface area (Å²) in [5.41, 5.74) is 1.15. The van der Waals surface area contributed by atoms with E-state index in [1.54, 1.807) is 0 Å². The Morgan fingerprint density at radius 1 is 0.933 bits per heavy atom. The average molecular weight is 202 g/mol. The molecule has 1 aliphatic carbocycles. The molecule has 1 saturated heterocycles. The van der Waals surface area contributed by atoms with Gasteiger partial charge < -0.3 is 9.31 Å². The highest BCUT2D eigenvalue weighted by atomic mass is 16.7. The Bertz CT molecular complexity index is 314. The van der Waals surface area contributed by atoms with Gasteiger partial charge in [-0.25, -0.2) is 0 Å². The maximum absolute atomic E-state index is 5.93. The van der Waals surface area contributed by atoms with Crippen molar-refractivity contribution in [1.82, 2.24) is 0 Å². The Hall–Kier alpha value is -0.795. The van der Waals surface area contributed by atoms with Crippen LogP contribution in [-0.2, 0) is 9.31 Å². The Kier molecular flexibility index (Phi) is 2.51. The van der Waals surface area contributed by atoms with Gasteiger partial charge in [0.05, 0.1) is 12.2 Å². The van der Waals surface area contributed by atoms with Crippen molar-refractivity contribution in [2.24, 2.45) is 0 Å². The second kappa shape index (κ2) is 3.99. The summed E-state index contributed by atoms with van der Waals surface area (Å²) in [6, 6.07) is 10.2. The fraction of sp³-hybridized carbons (Fsp3) is 0.500. The monoisotopic (exact) mass is 202 g/mol. The molecular formula is C12H15BO2. The van der Waals surface area contributed by atoms with E-state index < -0.39 is 0 Å². The van der Waals surface area contributed by atoms with Crippen LogP contribution in [0.25, 0.3) is 0 Å². The van der Waals surface area contributed by atoms with E-state index in [1.165, 1.54) is 12.8 Å². The van der Waals surface area contributed by atoms with Crippen LogP contribution in [-0.4, -0.2) is 19.3 Å². The van der Waals surface area contributed by atoms with Crippen molar-refractivity contribution in [3.8, 4) is 0 Å². The van der Waals surface area contributed by atoms with Crippen molar-refractivity contribution in [2.45, 2.75) is 37.9 Å². The molecule has 2 nitrogen and oxygen atoms in total. The van der Waals surface area contributed by atoms with Crippen LogP contribution in [0.1, 0.15) is 25.7 Å². The maximum atomic E-state index is 5.93. The quantitative estimate of drug-likeness (QED) is 0.645. The van der Waals surface area contributed by atoms with Gasteiger partial charge in [-0.15, -0.1) is 0 Å². The zero-order chi connectivity index (χ0) is 10.1. The number of hydrogen-bond acceptors (Lipinski definition) is 2. The summed E-state index contributed by atoms with van der Waals surface area (Å²) in [7, 11) is -0.126. The van der Waals surface area contributed by atoms with Crippen molar-refractivity contribution >= 4 is 12.6 Å². The summed E-state index contributed by atoms with van der Waals surface area (Å²) in [6.45, 7) is 0. The topological polar surface area (TPSA) is 18.5 Å². The summed E-state index contributed by atoms with van der Waals surface area (Å²) in [6.07, 6.45) is 5.56. The molecule has 0 N–H and O–H groups in total. The third-order valence-electron chi connectivity index (χ3n) is 3.31. The summed E-state index contributed by atoms with van der Waals surface area (Å²) < 4.78 is 11.9. The molecule has 3 rings (SSSR count). The lowest BCUT2D eigenvalue weighted by Gasteiger charge is -2.22. The van der Waals surface area contributed by atoms with E-state index in [0.717, 1.165) is 18.3 Å². The van der Waals surface area contributed by atoms with Crippen molar-refractivity contribution in [1.29, 1.82) is 0 Å². The van der Waals surface area contributed by atoms with Crippen LogP contribution in [0.3, 0.4) is 0 Å². The summed E-state index contributed by atoms with van der Waals surface area (Å²) >= 11 is 0. The molecule has 1 saturated carbocycles. The molecule has 1 heterocycles. The Balaban J connectivity index is 1.75. The van der Waals surface area contributed by atoms with Crippen LogP contribution < -0.4 is 5.46 Å². The van der Waals surface area contributed by atoms with E-state index in [-0.39, 0.29) is 7.12 Å². The number of fused-ring (bicyclic) bond motifs is 1. The fourth-order valence-electron chi connectivity index (χ4n) is 2.49. The lowest BCUT2D eigenvalue weighted by molar-refractivity contribution is 0.110. The largest absolute Gasteiger partial charge is 0.494 e.